The molecule has 0 saturated heterocycles. The number of fused-ring (bicyclic) bond motifs is 9. The van der Waals surface area contributed by atoms with E-state index in [4.69, 9.17) is 4.74 Å². The zero-order valence-electron chi connectivity index (χ0n) is 21.4. The van der Waals surface area contributed by atoms with Crippen LogP contribution in [0.5, 0.6) is 11.5 Å². The van der Waals surface area contributed by atoms with E-state index in [0.29, 0.717) is 5.75 Å². The first kappa shape index (κ1) is 22.2. The van der Waals surface area contributed by atoms with Gasteiger partial charge in [0.2, 0.25) is 0 Å². The second-order valence-corrected chi connectivity index (χ2v) is 12.3. The van der Waals surface area contributed by atoms with Gasteiger partial charge in [-0.15, -0.1) is 0 Å². The molecule has 2 heteroatoms. The Balaban J connectivity index is 1.83. The van der Waals surface area contributed by atoms with Crippen LogP contribution in [0.3, 0.4) is 0 Å². The number of benzene rings is 4. The highest BCUT2D eigenvalue weighted by Gasteiger charge is 2.52. The SMILES string of the molecule is COc1ccc2c3c(cc(O)c2c1)C1(CC(C)(C)CC(C)(C)C1)c1ccccc1-c1ccccc1-3. The van der Waals surface area contributed by atoms with Crippen molar-refractivity contribution in [2.45, 2.75) is 52.4 Å². The van der Waals surface area contributed by atoms with Crippen LogP contribution in [0.15, 0.2) is 72.8 Å². The highest BCUT2D eigenvalue weighted by atomic mass is 16.5. The van der Waals surface area contributed by atoms with Crippen LogP contribution < -0.4 is 4.74 Å². The lowest BCUT2D eigenvalue weighted by Crippen LogP contribution is -2.45. The Morgan fingerprint density at radius 2 is 1.29 bits per heavy atom. The van der Waals surface area contributed by atoms with E-state index in [2.05, 4.69) is 88.4 Å². The van der Waals surface area contributed by atoms with Gasteiger partial charge in [0.05, 0.1) is 7.11 Å². The summed E-state index contributed by atoms with van der Waals surface area (Å²) >= 11 is 0. The van der Waals surface area contributed by atoms with Crippen LogP contribution in [-0.2, 0) is 5.41 Å². The molecular formula is C33H34O2. The molecule has 178 valence electrons. The first-order valence-electron chi connectivity index (χ1n) is 12.7. The number of phenols is 1. The van der Waals surface area contributed by atoms with Gasteiger partial charge < -0.3 is 9.84 Å². The molecule has 1 N–H and O–H groups in total. The maximum absolute atomic E-state index is 11.5. The van der Waals surface area contributed by atoms with Crippen LogP contribution in [-0.4, -0.2) is 12.2 Å². The van der Waals surface area contributed by atoms with E-state index in [1.807, 2.05) is 12.1 Å². The molecule has 4 aromatic carbocycles. The molecule has 1 fully saturated rings. The first-order valence-corrected chi connectivity index (χ1v) is 12.7. The molecule has 2 nitrogen and oxygen atoms in total. The summed E-state index contributed by atoms with van der Waals surface area (Å²) in [4.78, 5) is 0. The Bertz CT molecular complexity index is 1460. The lowest BCUT2D eigenvalue weighted by atomic mass is 9.50. The lowest BCUT2D eigenvalue weighted by Gasteiger charge is -2.53. The van der Waals surface area contributed by atoms with Gasteiger partial charge in [-0.05, 0) is 93.1 Å². The van der Waals surface area contributed by atoms with Crippen molar-refractivity contribution in [3.05, 3.63) is 83.9 Å². The minimum Gasteiger partial charge on any atom is -0.507 e. The van der Waals surface area contributed by atoms with Crippen LogP contribution in [0.25, 0.3) is 33.0 Å². The molecule has 4 aromatic rings. The Hall–Kier alpha value is -3.26. The van der Waals surface area contributed by atoms with E-state index in [1.54, 1.807) is 7.11 Å². The summed E-state index contributed by atoms with van der Waals surface area (Å²) in [5.41, 5.74) is 7.83. The average Bonchev–Trinajstić information content (AvgIpc) is 2.90. The molecule has 0 aromatic heterocycles. The van der Waals surface area contributed by atoms with E-state index in [-0.39, 0.29) is 16.2 Å². The van der Waals surface area contributed by atoms with Crippen molar-refractivity contribution in [1.29, 1.82) is 0 Å². The van der Waals surface area contributed by atoms with E-state index in [9.17, 15) is 5.11 Å². The highest BCUT2D eigenvalue weighted by molar-refractivity contribution is 6.07. The average molecular weight is 463 g/mol. The zero-order valence-corrected chi connectivity index (χ0v) is 21.4. The van der Waals surface area contributed by atoms with Gasteiger partial charge in [-0.1, -0.05) is 76.2 Å². The topological polar surface area (TPSA) is 29.5 Å². The van der Waals surface area contributed by atoms with Crippen LogP contribution >= 0.6 is 0 Å². The van der Waals surface area contributed by atoms with Crippen molar-refractivity contribution in [3.8, 4) is 33.8 Å². The van der Waals surface area contributed by atoms with Crippen LogP contribution in [0.4, 0.5) is 0 Å². The molecule has 2 aliphatic rings. The van der Waals surface area contributed by atoms with Gasteiger partial charge >= 0.3 is 0 Å². The van der Waals surface area contributed by atoms with Gasteiger partial charge in [0.15, 0.2) is 0 Å². The van der Waals surface area contributed by atoms with E-state index in [0.717, 1.165) is 29.4 Å². The van der Waals surface area contributed by atoms with Crippen molar-refractivity contribution in [2.75, 3.05) is 7.11 Å². The van der Waals surface area contributed by atoms with Crippen molar-refractivity contribution in [3.63, 3.8) is 0 Å². The fourth-order valence-corrected chi connectivity index (χ4v) is 7.89. The van der Waals surface area contributed by atoms with Crippen molar-refractivity contribution in [1.82, 2.24) is 0 Å². The molecule has 35 heavy (non-hydrogen) atoms. The summed E-state index contributed by atoms with van der Waals surface area (Å²) in [6.45, 7) is 9.67. The molecule has 1 saturated carbocycles. The third kappa shape index (κ3) is 3.30. The third-order valence-corrected chi connectivity index (χ3v) is 8.28. The molecule has 2 aliphatic carbocycles. The summed E-state index contributed by atoms with van der Waals surface area (Å²) in [6, 6.07) is 26.0. The first-order chi connectivity index (χ1) is 16.6. The number of methoxy groups -OCH3 is 1. The molecule has 0 radical (unpaired) electrons. The summed E-state index contributed by atoms with van der Waals surface area (Å²) < 4.78 is 5.52. The molecule has 0 heterocycles. The van der Waals surface area contributed by atoms with E-state index < -0.39 is 0 Å². The number of rotatable bonds is 1. The van der Waals surface area contributed by atoms with Gasteiger partial charge in [-0.2, -0.15) is 0 Å². The van der Waals surface area contributed by atoms with Gasteiger partial charge in [-0.3, -0.25) is 0 Å². The molecule has 0 atom stereocenters. The maximum atomic E-state index is 11.5. The predicted octanol–water partition coefficient (Wildman–Crippen LogP) is 8.72. The maximum Gasteiger partial charge on any atom is 0.123 e. The van der Waals surface area contributed by atoms with E-state index in [1.165, 1.54) is 39.8 Å². The van der Waals surface area contributed by atoms with E-state index >= 15 is 0 Å². The Morgan fingerprint density at radius 3 is 1.97 bits per heavy atom. The molecule has 6 rings (SSSR count). The van der Waals surface area contributed by atoms with Gasteiger partial charge in [0, 0.05) is 10.8 Å². The van der Waals surface area contributed by atoms with Crippen molar-refractivity contribution < 1.29 is 9.84 Å². The highest BCUT2D eigenvalue weighted by Crippen LogP contribution is 2.63. The second kappa shape index (κ2) is 7.37. The normalized spacial score (nSPS) is 18.9. The summed E-state index contributed by atoms with van der Waals surface area (Å²) in [5.74, 6) is 1.09. The molecule has 0 unspecified atom stereocenters. The van der Waals surface area contributed by atoms with Crippen LogP contribution in [0.2, 0.25) is 0 Å². The largest absolute Gasteiger partial charge is 0.507 e. The van der Waals surface area contributed by atoms with Gasteiger partial charge in [-0.25, -0.2) is 0 Å². The summed E-state index contributed by atoms with van der Waals surface area (Å²) in [7, 11) is 1.68. The Kier molecular flexibility index (Phi) is 4.68. The lowest BCUT2D eigenvalue weighted by molar-refractivity contribution is 0.0632. The number of aromatic hydroxyl groups is 1. The Morgan fingerprint density at radius 1 is 0.657 bits per heavy atom. The summed E-state index contributed by atoms with van der Waals surface area (Å²) in [6.07, 6.45) is 3.27. The number of hydrogen-bond donors (Lipinski definition) is 1. The van der Waals surface area contributed by atoms with Crippen molar-refractivity contribution >= 4 is 10.8 Å². The zero-order chi connectivity index (χ0) is 24.6. The van der Waals surface area contributed by atoms with Crippen LogP contribution in [0.1, 0.15) is 58.1 Å². The number of hydrogen-bond acceptors (Lipinski definition) is 2. The molecule has 0 bridgehead atoms. The minimum atomic E-state index is -0.207. The third-order valence-electron chi connectivity index (χ3n) is 8.28. The predicted molar refractivity (Wildman–Crippen MR) is 145 cm³/mol. The standard InChI is InChI=1S/C33H34O2/c1-31(2)18-32(3,4)20-33(19-31)27-13-9-8-11-23(27)22-10-6-7-12-24(22)30-25-15-14-21(35-5)16-26(25)29(34)17-28(30)33/h6-17,34H,18-20H2,1-5H3. The fourth-order valence-electron chi connectivity index (χ4n) is 7.89. The smallest absolute Gasteiger partial charge is 0.123 e. The molecular weight excluding hydrogens is 428 g/mol. The quantitative estimate of drug-likeness (QED) is 0.306. The number of phenolic OH excluding ortho intramolecular Hbond substituents is 1. The molecule has 1 spiro atoms. The Labute approximate surface area is 208 Å². The molecule has 0 aliphatic heterocycles. The second-order valence-electron chi connectivity index (χ2n) is 12.3. The summed E-state index contributed by atoms with van der Waals surface area (Å²) in [5, 5.41) is 13.4. The molecule has 0 amide bonds. The number of ether oxygens (including phenoxy) is 1. The van der Waals surface area contributed by atoms with Gasteiger partial charge in [0.1, 0.15) is 11.5 Å². The van der Waals surface area contributed by atoms with Gasteiger partial charge in [0.25, 0.3) is 0 Å². The van der Waals surface area contributed by atoms with Crippen molar-refractivity contribution in [2.24, 2.45) is 10.8 Å². The fraction of sp³-hybridized carbons (Fsp3) is 0.333. The minimum absolute atomic E-state index is 0.160. The monoisotopic (exact) mass is 462 g/mol. The van der Waals surface area contributed by atoms with Crippen LogP contribution in [0, 0.1) is 10.8 Å².